The molecule has 0 aliphatic carbocycles. The van der Waals surface area contributed by atoms with E-state index in [2.05, 4.69) is 19.1 Å². The number of hydrogen-bond donors (Lipinski definition) is 2. The van der Waals surface area contributed by atoms with Gasteiger partial charge in [-0.05, 0) is 59.3 Å². The zero-order valence-corrected chi connectivity index (χ0v) is 20.6. The average Bonchev–Trinajstić information content (AvgIpc) is 2.75. The summed E-state index contributed by atoms with van der Waals surface area (Å²) in [6, 6.07) is -3.56. The van der Waals surface area contributed by atoms with Gasteiger partial charge in [0.15, 0.2) is 12.1 Å². The molecule has 0 aliphatic heterocycles. The Balaban J connectivity index is 4.55. The second kappa shape index (κ2) is 16.7. The average molecular weight is 456 g/mol. The summed E-state index contributed by atoms with van der Waals surface area (Å²) < 4.78 is -0.546. The first-order valence-corrected chi connectivity index (χ1v) is 12.3. The van der Waals surface area contributed by atoms with Crippen molar-refractivity contribution in [3.8, 4) is 0 Å². The van der Waals surface area contributed by atoms with E-state index in [0.29, 0.717) is 6.42 Å². The predicted molar refractivity (Wildman–Crippen MR) is 124 cm³/mol. The molecule has 0 aliphatic rings. The number of allylic oxidation sites excluding steroid dienone is 2. The second-order valence-electron chi connectivity index (χ2n) is 8.97. The Morgan fingerprint density at radius 2 is 1.12 bits per heavy atom. The molecule has 3 atom stereocenters. The SMILES string of the molecule is CCCCCC/C=C/CCCCCCCC[N+](C(C)C(=O)[O-])(C(C)C(=O)O)C(C)C(=O)O. The summed E-state index contributed by atoms with van der Waals surface area (Å²) in [5, 5.41) is 30.8. The Morgan fingerprint density at radius 3 is 1.53 bits per heavy atom. The van der Waals surface area contributed by atoms with E-state index in [1.54, 1.807) is 0 Å². The lowest BCUT2D eigenvalue weighted by Gasteiger charge is -2.49. The molecule has 0 rings (SSSR count). The van der Waals surface area contributed by atoms with Crippen LogP contribution in [0.1, 0.15) is 105 Å². The van der Waals surface area contributed by atoms with Gasteiger partial charge in [-0.15, -0.1) is 0 Å². The summed E-state index contributed by atoms with van der Waals surface area (Å²) in [6.45, 7) is 6.52. The summed E-state index contributed by atoms with van der Waals surface area (Å²) in [6.07, 6.45) is 17.6. The number of carbonyl (C=O) groups excluding carboxylic acids is 1. The van der Waals surface area contributed by atoms with Gasteiger partial charge < -0.3 is 20.1 Å². The number of hydrogen-bond acceptors (Lipinski definition) is 4. The highest BCUT2D eigenvalue weighted by molar-refractivity contribution is 5.76. The maximum atomic E-state index is 11.7. The molecule has 0 aromatic heterocycles. The second-order valence-corrected chi connectivity index (χ2v) is 8.97. The highest BCUT2D eigenvalue weighted by Crippen LogP contribution is 2.27. The van der Waals surface area contributed by atoms with Crippen LogP contribution in [-0.2, 0) is 14.4 Å². The normalized spacial score (nSPS) is 16.4. The fraction of sp³-hybridized carbons (Fsp3) is 0.800. The summed E-state index contributed by atoms with van der Waals surface area (Å²) in [5.74, 6) is -3.83. The van der Waals surface area contributed by atoms with Gasteiger partial charge in [0.1, 0.15) is 6.04 Å². The van der Waals surface area contributed by atoms with Crippen LogP contribution in [0.3, 0.4) is 0 Å². The molecule has 0 aromatic carbocycles. The number of quaternary nitrogens is 1. The number of carbonyl (C=O) groups is 3. The van der Waals surface area contributed by atoms with Crippen molar-refractivity contribution in [3.05, 3.63) is 12.2 Å². The minimum Gasteiger partial charge on any atom is -0.544 e. The van der Waals surface area contributed by atoms with E-state index >= 15 is 0 Å². The third-order valence-corrected chi connectivity index (χ3v) is 6.78. The highest BCUT2D eigenvalue weighted by Gasteiger charge is 2.50. The van der Waals surface area contributed by atoms with Gasteiger partial charge in [0.25, 0.3) is 0 Å². The number of aliphatic carboxylic acids is 3. The molecular formula is C25H45NO6. The first-order chi connectivity index (χ1) is 15.1. The van der Waals surface area contributed by atoms with Crippen molar-refractivity contribution in [2.45, 2.75) is 123 Å². The van der Waals surface area contributed by atoms with Crippen LogP contribution in [0.5, 0.6) is 0 Å². The van der Waals surface area contributed by atoms with E-state index < -0.39 is 40.5 Å². The molecule has 0 aromatic rings. The topological polar surface area (TPSA) is 115 Å². The van der Waals surface area contributed by atoms with Crippen LogP contribution in [0.2, 0.25) is 0 Å². The molecular weight excluding hydrogens is 410 g/mol. The zero-order chi connectivity index (χ0) is 24.6. The molecule has 0 spiro atoms. The van der Waals surface area contributed by atoms with E-state index in [9.17, 15) is 29.7 Å². The molecule has 0 radical (unpaired) electrons. The van der Waals surface area contributed by atoms with E-state index in [1.807, 2.05) is 0 Å². The molecule has 7 heteroatoms. The Bertz CT molecular complexity index is 539. The first kappa shape index (κ1) is 30.1. The quantitative estimate of drug-likeness (QED) is 0.162. The molecule has 0 amide bonds. The number of carboxylic acid groups (broad SMARTS) is 3. The van der Waals surface area contributed by atoms with Gasteiger partial charge in [-0.2, -0.15) is 0 Å². The molecule has 32 heavy (non-hydrogen) atoms. The summed E-state index contributed by atoms with van der Waals surface area (Å²) in [7, 11) is 0. The third kappa shape index (κ3) is 10.2. The van der Waals surface area contributed by atoms with Crippen LogP contribution in [-0.4, -0.2) is 57.3 Å². The van der Waals surface area contributed by atoms with Crippen molar-refractivity contribution in [1.29, 1.82) is 0 Å². The van der Waals surface area contributed by atoms with Gasteiger partial charge in [0.2, 0.25) is 0 Å². The lowest BCUT2D eigenvalue weighted by atomic mass is 10.00. The van der Waals surface area contributed by atoms with Gasteiger partial charge in [0.05, 0.1) is 12.5 Å². The predicted octanol–water partition coefficient (Wildman–Crippen LogP) is 4.15. The van der Waals surface area contributed by atoms with Crippen LogP contribution >= 0.6 is 0 Å². The first-order valence-electron chi connectivity index (χ1n) is 12.3. The molecule has 7 nitrogen and oxygen atoms in total. The molecule has 0 bridgehead atoms. The van der Waals surface area contributed by atoms with Gasteiger partial charge in [-0.1, -0.05) is 57.6 Å². The summed E-state index contributed by atoms with van der Waals surface area (Å²) in [4.78, 5) is 35.1. The van der Waals surface area contributed by atoms with Crippen LogP contribution in [0.25, 0.3) is 0 Å². The fourth-order valence-electron chi connectivity index (χ4n) is 4.47. The van der Waals surface area contributed by atoms with Crippen molar-refractivity contribution < 1.29 is 34.2 Å². The Kier molecular flexibility index (Phi) is 15.7. The van der Waals surface area contributed by atoms with E-state index in [1.165, 1.54) is 46.5 Å². The number of carboxylic acids is 3. The van der Waals surface area contributed by atoms with E-state index in [0.717, 1.165) is 44.9 Å². The molecule has 0 saturated carbocycles. The van der Waals surface area contributed by atoms with Gasteiger partial charge in [-0.25, -0.2) is 9.59 Å². The minimum atomic E-state index is -1.43. The summed E-state index contributed by atoms with van der Waals surface area (Å²) >= 11 is 0. The standard InChI is InChI=1S/C25H45NO6/c1-5-6-7-8-9-10-11-12-13-14-15-16-17-18-19-26(20(2)23(27)28,21(3)24(29)30)22(4)25(31)32/h10-11,20-22H,5-9,12-19H2,1-4H3,(H2-,27,28,29,30,31,32)/b11-10+. The third-order valence-electron chi connectivity index (χ3n) is 6.78. The van der Waals surface area contributed by atoms with Crippen molar-refractivity contribution in [2.24, 2.45) is 0 Å². The Labute approximate surface area is 194 Å². The Morgan fingerprint density at radius 1 is 0.719 bits per heavy atom. The maximum Gasteiger partial charge on any atom is 0.362 e. The molecule has 186 valence electrons. The molecule has 0 saturated heterocycles. The van der Waals surface area contributed by atoms with E-state index in [-0.39, 0.29) is 6.54 Å². The maximum absolute atomic E-state index is 11.7. The smallest absolute Gasteiger partial charge is 0.362 e. The van der Waals surface area contributed by atoms with Crippen LogP contribution in [0.4, 0.5) is 0 Å². The van der Waals surface area contributed by atoms with Crippen molar-refractivity contribution in [1.82, 2.24) is 0 Å². The minimum absolute atomic E-state index is 0.177. The number of rotatable bonds is 20. The molecule has 3 unspecified atom stereocenters. The van der Waals surface area contributed by atoms with Crippen molar-refractivity contribution in [3.63, 3.8) is 0 Å². The number of nitrogens with zero attached hydrogens (tertiary/aromatic N) is 1. The van der Waals surface area contributed by atoms with Crippen LogP contribution in [0.15, 0.2) is 12.2 Å². The summed E-state index contributed by atoms with van der Waals surface area (Å²) in [5.41, 5.74) is 0. The van der Waals surface area contributed by atoms with Crippen LogP contribution < -0.4 is 5.11 Å². The lowest BCUT2D eigenvalue weighted by molar-refractivity contribution is -0.969. The Hall–Kier alpha value is -1.89. The molecule has 0 fully saturated rings. The largest absolute Gasteiger partial charge is 0.544 e. The molecule has 2 N–H and O–H groups in total. The number of unbranched alkanes of at least 4 members (excludes halogenated alkanes) is 10. The highest BCUT2D eigenvalue weighted by atomic mass is 16.4. The monoisotopic (exact) mass is 455 g/mol. The van der Waals surface area contributed by atoms with Crippen molar-refractivity contribution in [2.75, 3.05) is 6.54 Å². The van der Waals surface area contributed by atoms with Gasteiger partial charge in [0, 0.05) is 0 Å². The lowest BCUT2D eigenvalue weighted by Crippen LogP contribution is -2.72. The van der Waals surface area contributed by atoms with Crippen molar-refractivity contribution >= 4 is 17.9 Å². The molecule has 0 heterocycles. The van der Waals surface area contributed by atoms with Crippen LogP contribution in [0, 0.1) is 0 Å². The van der Waals surface area contributed by atoms with E-state index in [4.69, 9.17) is 0 Å². The fourth-order valence-corrected chi connectivity index (χ4v) is 4.47. The van der Waals surface area contributed by atoms with Gasteiger partial charge in [-0.3, -0.25) is 4.48 Å². The van der Waals surface area contributed by atoms with Gasteiger partial charge >= 0.3 is 11.9 Å². The zero-order valence-electron chi connectivity index (χ0n) is 20.6.